The van der Waals surface area contributed by atoms with E-state index in [1.165, 1.54) is 120 Å². The molecule has 11 aromatic carbocycles. The molecule has 0 amide bonds. The van der Waals surface area contributed by atoms with Crippen LogP contribution in [0.3, 0.4) is 0 Å². The zero-order valence-electron chi connectivity index (χ0n) is 36.4. The molecule has 0 heteroatoms. The van der Waals surface area contributed by atoms with Crippen LogP contribution in [0.4, 0.5) is 0 Å². The molecule has 2 unspecified atom stereocenters. The van der Waals surface area contributed by atoms with Gasteiger partial charge in [-0.05, 0) is 151 Å². The summed E-state index contributed by atoms with van der Waals surface area (Å²) >= 11 is 0. The molecule has 2 aliphatic rings. The van der Waals surface area contributed by atoms with Crippen LogP contribution in [0.15, 0.2) is 249 Å². The molecule has 2 atom stereocenters. The first-order valence-corrected chi connectivity index (χ1v) is 23.1. The number of rotatable bonds is 6. The van der Waals surface area contributed by atoms with E-state index in [4.69, 9.17) is 0 Å². The van der Waals surface area contributed by atoms with Gasteiger partial charge >= 0.3 is 0 Å². The number of fused-ring (bicyclic) bond motifs is 6. The first kappa shape index (κ1) is 38.2. The van der Waals surface area contributed by atoms with E-state index >= 15 is 0 Å². The minimum Gasteiger partial charge on any atom is -0.0767 e. The van der Waals surface area contributed by atoms with Gasteiger partial charge in [-0.25, -0.2) is 0 Å². The van der Waals surface area contributed by atoms with Crippen molar-refractivity contribution in [2.45, 2.75) is 0 Å². The summed E-state index contributed by atoms with van der Waals surface area (Å²) in [6, 6.07) is 83.5. The third kappa shape index (κ3) is 6.53. The maximum atomic E-state index is 2.43. The Hall–Kier alpha value is -8.32. The molecule has 0 bridgehead atoms. The van der Waals surface area contributed by atoms with Crippen LogP contribution in [-0.4, -0.2) is 0 Å². The highest BCUT2D eigenvalue weighted by Gasteiger charge is 2.26. The number of hydrogen-bond donors (Lipinski definition) is 0. The van der Waals surface area contributed by atoms with Crippen LogP contribution in [0.2, 0.25) is 0 Å². The van der Waals surface area contributed by atoms with Crippen LogP contribution in [0.25, 0.3) is 110 Å². The number of benzene rings is 11. The summed E-state index contributed by atoms with van der Waals surface area (Å²) < 4.78 is 0. The zero-order chi connectivity index (χ0) is 43.6. The van der Waals surface area contributed by atoms with Crippen molar-refractivity contribution in [1.29, 1.82) is 0 Å². The lowest BCUT2D eigenvalue weighted by Gasteiger charge is -2.28. The average Bonchev–Trinajstić information content (AvgIpc) is 3.39. The van der Waals surface area contributed by atoms with Gasteiger partial charge in [-0.3, -0.25) is 0 Å². The molecule has 0 spiro atoms. The molecule has 308 valence electrons. The number of allylic oxidation sites excluding steroid dienone is 4. The summed E-state index contributed by atoms with van der Waals surface area (Å²) in [5.41, 5.74) is 14.9. The molecular formula is C66H44. The minimum atomic E-state index is 0.315. The highest BCUT2D eigenvalue weighted by Crippen LogP contribution is 2.41. The van der Waals surface area contributed by atoms with Crippen LogP contribution in [0.5, 0.6) is 0 Å². The standard InChI is InChI=1S/C66H44/c1-7-19-58-49(13-1)37-50-14-2-8-20-59(50)64(58)46-31-25-43(26-32-46)55-40-56(44-27-33-47(34-28-44)65-60-21-9-3-15-51(60)38-52-16-4-10-22-61(52)65)42-57(41-55)45-29-35-48(36-30-45)66-62-23-11-5-17-53(62)39-54-18-6-12-24-63(54)66/h1-42,49,58H. The summed E-state index contributed by atoms with van der Waals surface area (Å²) in [4.78, 5) is 0. The lowest BCUT2D eigenvalue weighted by Crippen LogP contribution is -2.36. The van der Waals surface area contributed by atoms with Gasteiger partial charge < -0.3 is 0 Å². The van der Waals surface area contributed by atoms with E-state index in [2.05, 4.69) is 255 Å². The Morgan fingerprint density at radius 1 is 0.273 bits per heavy atom. The molecule has 0 saturated heterocycles. The van der Waals surface area contributed by atoms with Gasteiger partial charge in [0, 0.05) is 11.8 Å². The van der Waals surface area contributed by atoms with Gasteiger partial charge in [-0.2, -0.15) is 0 Å². The Morgan fingerprint density at radius 3 is 1.09 bits per heavy atom. The van der Waals surface area contributed by atoms with Crippen LogP contribution < -0.4 is 10.4 Å². The van der Waals surface area contributed by atoms with Crippen molar-refractivity contribution in [2.75, 3.05) is 0 Å². The topological polar surface area (TPSA) is 0 Å². The molecule has 13 rings (SSSR count). The van der Waals surface area contributed by atoms with Crippen LogP contribution in [0.1, 0.15) is 5.56 Å². The second-order valence-corrected chi connectivity index (χ2v) is 18.0. The Bertz CT molecular complexity index is 3610. The summed E-state index contributed by atoms with van der Waals surface area (Å²) in [6.07, 6.45) is 11.5. The van der Waals surface area contributed by atoms with E-state index in [1.54, 1.807) is 0 Å². The molecule has 0 saturated carbocycles. The van der Waals surface area contributed by atoms with Gasteiger partial charge in [0.25, 0.3) is 0 Å². The van der Waals surface area contributed by atoms with E-state index in [-0.39, 0.29) is 0 Å². The molecule has 0 aliphatic heterocycles. The fourth-order valence-corrected chi connectivity index (χ4v) is 11.0. The zero-order valence-corrected chi connectivity index (χ0v) is 36.4. The molecule has 2 aliphatic carbocycles. The quantitative estimate of drug-likeness (QED) is 0.146. The maximum absolute atomic E-state index is 2.43. The van der Waals surface area contributed by atoms with Gasteiger partial charge in [-0.1, -0.05) is 225 Å². The van der Waals surface area contributed by atoms with Crippen LogP contribution >= 0.6 is 0 Å². The van der Waals surface area contributed by atoms with Gasteiger partial charge in [-0.15, -0.1) is 0 Å². The fraction of sp³-hybridized carbons (Fsp3) is 0.0303. The van der Waals surface area contributed by atoms with E-state index in [0.717, 1.165) is 0 Å². The highest BCUT2D eigenvalue weighted by molar-refractivity contribution is 6.14. The van der Waals surface area contributed by atoms with Gasteiger partial charge in [0.05, 0.1) is 0 Å². The molecule has 66 heavy (non-hydrogen) atoms. The predicted octanol–water partition coefficient (Wildman–Crippen LogP) is 16.0. The Labute approximate surface area is 385 Å². The Balaban J connectivity index is 0.936. The third-order valence-electron chi connectivity index (χ3n) is 14.2. The van der Waals surface area contributed by atoms with Crippen molar-refractivity contribution in [3.8, 4) is 55.6 Å². The van der Waals surface area contributed by atoms with Crippen molar-refractivity contribution in [3.05, 3.63) is 265 Å². The average molecular weight is 837 g/mol. The smallest absolute Gasteiger partial charge is 0.0131 e. The second kappa shape index (κ2) is 15.7. The lowest BCUT2D eigenvalue weighted by atomic mass is 9.75. The first-order chi connectivity index (χ1) is 32.7. The molecule has 0 radical (unpaired) electrons. The summed E-state index contributed by atoms with van der Waals surface area (Å²) in [6.45, 7) is 0. The van der Waals surface area contributed by atoms with E-state index < -0.39 is 0 Å². The van der Waals surface area contributed by atoms with Crippen molar-refractivity contribution < 1.29 is 0 Å². The van der Waals surface area contributed by atoms with Crippen LogP contribution in [-0.2, 0) is 0 Å². The molecule has 0 N–H and O–H groups in total. The van der Waals surface area contributed by atoms with Crippen LogP contribution in [0, 0.1) is 11.8 Å². The fourth-order valence-electron chi connectivity index (χ4n) is 11.0. The SMILES string of the molecule is C1=CC2C=c3ccccc3=C(c3ccc(-c4cc(-c5ccc(-c6c7ccccc7cc7ccccc67)cc5)cc(-c5ccc(-c6c7ccccc7cc7ccccc67)cc5)c4)cc3)C2C=C1. The minimum absolute atomic E-state index is 0.315. The monoisotopic (exact) mass is 836 g/mol. The molecule has 0 aromatic heterocycles. The normalized spacial score (nSPS) is 15.2. The second-order valence-electron chi connectivity index (χ2n) is 18.0. The lowest BCUT2D eigenvalue weighted by molar-refractivity contribution is 0.704. The molecule has 11 aromatic rings. The van der Waals surface area contributed by atoms with Crippen molar-refractivity contribution in [2.24, 2.45) is 11.8 Å². The summed E-state index contributed by atoms with van der Waals surface area (Å²) in [7, 11) is 0. The van der Waals surface area contributed by atoms with Gasteiger partial charge in [0.2, 0.25) is 0 Å². The van der Waals surface area contributed by atoms with E-state index in [9.17, 15) is 0 Å². The van der Waals surface area contributed by atoms with E-state index in [1.807, 2.05) is 0 Å². The molecule has 0 fully saturated rings. The highest BCUT2D eigenvalue weighted by atomic mass is 14.3. The number of hydrogen-bond acceptors (Lipinski definition) is 0. The predicted molar refractivity (Wildman–Crippen MR) is 282 cm³/mol. The molecule has 0 heterocycles. The maximum Gasteiger partial charge on any atom is 0.0131 e. The molecular weight excluding hydrogens is 793 g/mol. The van der Waals surface area contributed by atoms with Gasteiger partial charge in [0.15, 0.2) is 0 Å². The molecule has 0 nitrogen and oxygen atoms in total. The van der Waals surface area contributed by atoms with Crippen molar-refractivity contribution >= 4 is 54.7 Å². The van der Waals surface area contributed by atoms with Gasteiger partial charge in [0.1, 0.15) is 0 Å². The summed E-state index contributed by atoms with van der Waals surface area (Å²) in [5, 5.41) is 12.8. The van der Waals surface area contributed by atoms with Crippen molar-refractivity contribution in [3.63, 3.8) is 0 Å². The largest absolute Gasteiger partial charge is 0.0767 e. The van der Waals surface area contributed by atoms with Crippen molar-refractivity contribution in [1.82, 2.24) is 0 Å². The third-order valence-corrected chi connectivity index (χ3v) is 14.2. The summed E-state index contributed by atoms with van der Waals surface area (Å²) in [5.74, 6) is 0.672. The Kier molecular flexibility index (Phi) is 9.10. The Morgan fingerprint density at radius 2 is 0.636 bits per heavy atom. The first-order valence-electron chi connectivity index (χ1n) is 23.1. The van der Waals surface area contributed by atoms with E-state index in [0.29, 0.717) is 11.8 Å².